The van der Waals surface area contributed by atoms with Crippen LogP contribution in [0, 0.1) is 5.41 Å². The number of imidazole rings is 1. The molecule has 2 N–H and O–H groups in total. The lowest BCUT2D eigenvalue weighted by Gasteiger charge is -2.39. The van der Waals surface area contributed by atoms with E-state index in [0.29, 0.717) is 32.6 Å². The molecule has 230 valence electrons. The molecule has 44 heavy (non-hydrogen) atoms. The van der Waals surface area contributed by atoms with Crippen LogP contribution in [0.25, 0.3) is 11.6 Å². The largest absolute Gasteiger partial charge is 0.508 e. The molecule has 2 aromatic heterocycles. The van der Waals surface area contributed by atoms with Crippen molar-refractivity contribution in [2.24, 2.45) is 12.5 Å². The summed E-state index contributed by atoms with van der Waals surface area (Å²) in [5.74, 6) is 0.142. The number of hydrogen-bond donors (Lipinski definition) is 2. The van der Waals surface area contributed by atoms with E-state index in [0.717, 1.165) is 59.3 Å². The van der Waals surface area contributed by atoms with Gasteiger partial charge in [-0.25, -0.2) is 9.78 Å². The fourth-order valence-corrected chi connectivity index (χ4v) is 6.48. The smallest absolute Gasteiger partial charge is 0.410 e. The van der Waals surface area contributed by atoms with Crippen molar-refractivity contribution in [2.45, 2.75) is 63.6 Å². The fraction of sp³-hybridized carbons (Fsp3) is 0.471. The molecular formula is C34H40N6O4. The third-order valence-corrected chi connectivity index (χ3v) is 9.77. The van der Waals surface area contributed by atoms with Crippen LogP contribution in [0.2, 0.25) is 0 Å². The second-order valence-electron chi connectivity index (χ2n) is 13.5. The van der Waals surface area contributed by atoms with E-state index in [1.165, 1.54) is 0 Å². The molecule has 10 nitrogen and oxygen atoms in total. The number of rotatable bonds is 7. The normalized spacial score (nSPS) is 22.1. The highest BCUT2D eigenvalue weighted by Gasteiger charge is 2.44. The van der Waals surface area contributed by atoms with E-state index < -0.39 is 6.04 Å². The number of nitrogens with one attached hydrogen (secondary N) is 1. The molecule has 1 saturated heterocycles. The molecule has 4 aliphatic rings. The van der Waals surface area contributed by atoms with E-state index in [4.69, 9.17) is 9.72 Å². The average molecular weight is 597 g/mol. The Bertz CT molecular complexity index is 1630. The molecule has 10 heteroatoms. The van der Waals surface area contributed by atoms with Crippen LogP contribution in [0.3, 0.4) is 0 Å². The minimum Gasteiger partial charge on any atom is -0.508 e. The van der Waals surface area contributed by atoms with Gasteiger partial charge in [0.05, 0.1) is 36.0 Å². The van der Waals surface area contributed by atoms with Gasteiger partial charge in [0.2, 0.25) is 5.91 Å². The van der Waals surface area contributed by atoms with Gasteiger partial charge in [0.15, 0.2) is 0 Å². The Hall–Kier alpha value is -4.18. The summed E-state index contributed by atoms with van der Waals surface area (Å²) in [6.07, 6.45) is 11.6. The van der Waals surface area contributed by atoms with Gasteiger partial charge in [-0.1, -0.05) is 19.1 Å². The predicted molar refractivity (Wildman–Crippen MR) is 165 cm³/mol. The SMILES string of the molecule is Cn1cncc1C(NC(=O)CC1(C)CC1)C1=Cc2cccnc2[C@@H](N2CCN(C(=O)OC3(C)CC3)CC2)c2ccc(O)cc21. The number of aryl methyl sites for hydroxylation is 1. The number of nitrogens with zero attached hydrogens (tertiary/aromatic N) is 5. The van der Waals surface area contributed by atoms with Gasteiger partial charge in [-0.15, -0.1) is 0 Å². The summed E-state index contributed by atoms with van der Waals surface area (Å²) >= 11 is 0. The molecule has 0 spiro atoms. The van der Waals surface area contributed by atoms with Gasteiger partial charge in [0, 0.05) is 45.8 Å². The van der Waals surface area contributed by atoms with Gasteiger partial charge < -0.3 is 24.6 Å². The zero-order chi connectivity index (χ0) is 30.6. The van der Waals surface area contributed by atoms with E-state index in [1.54, 1.807) is 29.6 Å². The Morgan fingerprint density at radius 2 is 1.89 bits per heavy atom. The van der Waals surface area contributed by atoms with Crippen LogP contribution in [-0.2, 0) is 16.6 Å². The Morgan fingerprint density at radius 3 is 2.57 bits per heavy atom. The number of ether oxygens (including phenoxy) is 1. The molecule has 1 unspecified atom stereocenters. The summed E-state index contributed by atoms with van der Waals surface area (Å²) in [5, 5.41) is 14.1. The van der Waals surface area contributed by atoms with Crippen molar-refractivity contribution in [3.05, 3.63) is 77.1 Å². The van der Waals surface area contributed by atoms with Gasteiger partial charge in [-0.2, -0.15) is 0 Å². The van der Waals surface area contributed by atoms with Crippen molar-refractivity contribution in [2.75, 3.05) is 26.2 Å². The lowest BCUT2D eigenvalue weighted by molar-refractivity contribution is -0.122. The van der Waals surface area contributed by atoms with Gasteiger partial charge in [0.1, 0.15) is 11.4 Å². The van der Waals surface area contributed by atoms with Crippen LogP contribution in [-0.4, -0.2) is 73.2 Å². The number of carbonyl (C=O) groups is 2. The summed E-state index contributed by atoms with van der Waals surface area (Å²) in [7, 11) is 1.93. The number of phenols is 1. The quantitative estimate of drug-likeness (QED) is 0.402. The first-order valence-corrected chi connectivity index (χ1v) is 15.6. The number of fused-ring (bicyclic) bond motifs is 2. The lowest BCUT2D eigenvalue weighted by Crippen LogP contribution is -2.50. The third-order valence-electron chi connectivity index (χ3n) is 9.77. The maximum atomic E-state index is 13.5. The van der Waals surface area contributed by atoms with Crippen molar-refractivity contribution in [3.8, 4) is 5.75 Å². The molecule has 3 aliphatic carbocycles. The first kappa shape index (κ1) is 28.6. The maximum Gasteiger partial charge on any atom is 0.410 e. The first-order chi connectivity index (χ1) is 21.1. The number of hydrogen-bond acceptors (Lipinski definition) is 7. The summed E-state index contributed by atoms with van der Waals surface area (Å²) < 4.78 is 7.67. The zero-order valence-electron chi connectivity index (χ0n) is 25.6. The fourth-order valence-electron chi connectivity index (χ4n) is 6.48. The predicted octanol–water partition coefficient (Wildman–Crippen LogP) is 4.82. The summed E-state index contributed by atoms with van der Waals surface area (Å²) in [6.45, 7) is 6.52. The van der Waals surface area contributed by atoms with E-state index in [-0.39, 0.29) is 34.8 Å². The number of aromatic nitrogens is 3. The second kappa shape index (κ2) is 10.8. The molecular weight excluding hydrogens is 556 g/mol. The number of amides is 2. The van der Waals surface area contributed by atoms with E-state index >= 15 is 0 Å². The molecule has 3 fully saturated rings. The zero-order valence-corrected chi connectivity index (χ0v) is 25.6. The minimum absolute atomic E-state index is 0.00549. The van der Waals surface area contributed by atoms with Crippen molar-refractivity contribution in [1.82, 2.24) is 29.7 Å². The molecule has 3 heterocycles. The summed E-state index contributed by atoms with van der Waals surface area (Å²) in [6, 6.07) is 8.74. The van der Waals surface area contributed by atoms with Gasteiger partial charge in [0.25, 0.3) is 0 Å². The Morgan fingerprint density at radius 1 is 1.11 bits per heavy atom. The van der Waals surface area contributed by atoms with Crippen LogP contribution in [0.5, 0.6) is 5.75 Å². The topological polar surface area (TPSA) is 113 Å². The van der Waals surface area contributed by atoms with E-state index in [2.05, 4.69) is 34.3 Å². The molecule has 1 aromatic carbocycles. The standard InChI is InChI=1S/C34H40N6O4/c1-33(8-9-33)19-28(42)37-30(27-20-35-21-38(27)3)26-17-22-5-4-12-36-29(22)31(24-7-6-23(41)18-25(24)26)39-13-15-40(16-14-39)32(43)44-34(2)10-11-34/h4-7,12,17-18,20-21,30-31,41H,8-11,13-16,19H2,1-3H3,(H,37,42)/t30?,31-/m0/s1. The monoisotopic (exact) mass is 596 g/mol. The molecule has 0 bridgehead atoms. The van der Waals surface area contributed by atoms with E-state index in [1.807, 2.05) is 36.9 Å². The first-order valence-electron chi connectivity index (χ1n) is 15.6. The van der Waals surface area contributed by atoms with Crippen molar-refractivity contribution in [3.63, 3.8) is 0 Å². The summed E-state index contributed by atoms with van der Waals surface area (Å²) in [4.78, 5) is 39.8. The highest BCUT2D eigenvalue weighted by molar-refractivity contribution is 5.91. The molecule has 7 rings (SSSR count). The van der Waals surface area contributed by atoms with Crippen molar-refractivity contribution < 1.29 is 19.4 Å². The second-order valence-corrected chi connectivity index (χ2v) is 13.5. The summed E-state index contributed by atoms with van der Waals surface area (Å²) in [5.41, 5.74) is 5.15. The van der Waals surface area contributed by atoms with Gasteiger partial charge in [-0.3, -0.25) is 14.7 Å². The Balaban J connectivity index is 1.26. The van der Waals surface area contributed by atoms with Gasteiger partial charge in [-0.05, 0) is 84.6 Å². The molecule has 3 aromatic rings. The molecule has 2 amide bonds. The maximum absolute atomic E-state index is 13.5. The number of piperazine rings is 1. The van der Waals surface area contributed by atoms with Crippen LogP contribution >= 0.6 is 0 Å². The van der Waals surface area contributed by atoms with Crippen LogP contribution in [0.4, 0.5) is 4.79 Å². The number of pyridine rings is 1. The number of carbonyl (C=O) groups excluding carboxylic acids is 2. The Labute approximate surface area is 257 Å². The number of aromatic hydroxyl groups is 1. The molecule has 1 aliphatic heterocycles. The highest BCUT2D eigenvalue weighted by atomic mass is 16.6. The van der Waals surface area contributed by atoms with Crippen molar-refractivity contribution >= 4 is 23.6 Å². The molecule has 0 radical (unpaired) electrons. The Kier molecular flexibility index (Phi) is 6.99. The van der Waals surface area contributed by atoms with Crippen LogP contribution < -0.4 is 5.32 Å². The van der Waals surface area contributed by atoms with Crippen LogP contribution in [0.1, 0.15) is 86.1 Å². The number of phenolic OH excluding ortho intramolecular Hbond substituents is 1. The third kappa shape index (κ3) is 5.58. The molecule has 2 saturated carbocycles. The average Bonchev–Trinajstić information content (AvgIpc) is 3.88. The highest BCUT2D eigenvalue weighted by Crippen LogP contribution is 2.49. The number of benzene rings is 1. The van der Waals surface area contributed by atoms with E-state index in [9.17, 15) is 14.7 Å². The molecule has 2 atom stereocenters. The minimum atomic E-state index is -0.500. The van der Waals surface area contributed by atoms with Crippen LogP contribution in [0.15, 0.2) is 49.1 Å². The lowest BCUT2D eigenvalue weighted by atomic mass is 9.89. The van der Waals surface area contributed by atoms with Crippen molar-refractivity contribution in [1.29, 1.82) is 0 Å². The van der Waals surface area contributed by atoms with Gasteiger partial charge >= 0.3 is 6.09 Å².